The fourth-order valence-corrected chi connectivity index (χ4v) is 1.94. The largest absolute Gasteiger partial charge is 0.416 e. The molecular formula is C16H22F3N3O2. The highest BCUT2D eigenvalue weighted by Gasteiger charge is 2.31. The summed E-state index contributed by atoms with van der Waals surface area (Å²) in [5, 5.41) is 4.77. The van der Waals surface area contributed by atoms with Gasteiger partial charge in [-0.1, -0.05) is 13.8 Å². The van der Waals surface area contributed by atoms with Gasteiger partial charge in [0.1, 0.15) is 0 Å². The maximum atomic E-state index is 12.8. The summed E-state index contributed by atoms with van der Waals surface area (Å²) in [6.45, 7) is 3.56. The second-order valence-electron chi connectivity index (χ2n) is 5.88. The van der Waals surface area contributed by atoms with E-state index in [1.807, 2.05) is 13.8 Å². The average Bonchev–Trinajstić information content (AvgIpc) is 2.49. The van der Waals surface area contributed by atoms with Gasteiger partial charge in [0, 0.05) is 18.7 Å². The predicted octanol–water partition coefficient (Wildman–Crippen LogP) is 2.66. The lowest BCUT2D eigenvalue weighted by Gasteiger charge is -2.13. The van der Waals surface area contributed by atoms with Crippen LogP contribution in [-0.2, 0) is 22.3 Å². The predicted molar refractivity (Wildman–Crippen MR) is 85.0 cm³/mol. The molecule has 0 radical (unpaired) electrons. The molecule has 1 aromatic rings. The van der Waals surface area contributed by atoms with E-state index in [1.54, 1.807) is 0 Å². The Morgan fingerprint density at radius 1 is 1.17 bits per heavy atom. The Bertz CT molecular complexity index is 586. The number of carbonyl (C=O) groups excluding carboxylic acids is 2. The molecule has 4 N–H and O–H groups in total. The molecule has 0 bridgehead atoms. The summed E-state index contributed by atoms with van der Waals surface area (Å²) < 4.78 is 38.4. The van der Waals surface area contributed by atoms with Gasteiger partial charge in [-0.2, -0.15) is 13.2 Å². The summed E-state index contributed by atoms with van der Waals surface area (Å²) in [6.07, 6.45) is -3.54. The van der Waals surface area contributed by atoms with Crippen molar-refractivity contribution in [1.29, 1.82) is 0 Å². The average molecular weight is 345 g/mol. The van der Waals surface area contributed by atoms with Crippen LogP contribution in [0, 0.1) is 5.92 Å². The minimum Gasteiger partial charge on any atom is -0.347 e. The van der Waals surface area contributed by atoms with Crippen molar-refractivity contribution in [2.45, 2.75) is 39.4 Å². The topological polar surface area (TPSA) is 84.2 Å². The molecule has 5 nitrogen and oxygen atoms in total. The quantitative estimate of drug-likeness (QED) is 0.710. The Labute approximate surface area is 138 Å². The van der Waals surface area contributed by atoms with Crippen molar-refractivity contribution >= 4 is 17.5 Å². The fraction of sp³-hybridized carbons (Fsp3) is 0.500. The molecule has 134 valence electrons. The van der Waals surface area contributed by atoms with Crippen LogP contribution in [0.5, 0.6) is 0 Å². The lowest BCUT2D eigenvalue weighted by Crippen LogP contribution is -2.33. The normalized spacial score (nSPS) is 11.5. The molecule has 0 aliphatic rings. The van der Waals surface area contributed by atoms with Crippen LogP contribution in [0.1, 0.15) is 37.8 Å². The molecular weight excluding hydrogens is 323 g/mol. The number of nitrogens with two attached hydrogens (primary N) is 1. The third-order valence-electron chi connectivity index (χ3n) is 3.23. The molecule has 1 rings (SSSR count). The summed E-state index contributed by atoms with van der Waals surface area (Å²) in [7, 11) is 0. The minimum atomic E-state index is -4.53. The van der Waals surface area contributed by atoms with Crippen LogP contribution in [-0.4, -0.2) is 18.4 Å². The van der Waals surface area contributed by atoms with E-state index in [1.165, 1.54) is 6.07 Å². The van der Waals surface area contributed by atoms with Crippen LogP contribution >= 0.6 is 0 Å². The van der Waals surface area contributed by atoms with Gasteiger partial charge < -0.3 is 16.4 Å². The summed E-state index contributed by atoms with van der Waals surface area (Å²) in [5.41, 5.74) is 4.74. The summed E-state index contributed by atoms with van der Waals surface area (Å²) >= 11 is 0. The zero-order valence-electron chi connectivity index (χ0n) is 13.7. The summed E-state index contributed by atoms with van der Waals surface area (Å²) in [6, 6.07) is 3.13. The van der Waals surface area contributed by atoms with Gasteiger partial charge in [0.25, 0.3) is 0 Å². The molecule has 2 amide bonds. The van der Waals surface area contributed by atoms with E-state index >= 15 is 0 Å². The standard InChI is InChI=1S/C16H22F3N3O2/c1-10(2)3-4-14(23)21-9-15(24)22-13-6-11(8-20)5-12(7-13)16(17,18)19/h5-7,10H,3-4,8-9,20H2,1-2H3,(H,21,23)(H,22,24). The Hall–Kier alpha value is -2.09. The van der Waals surface area contributed by atoms with Gasteiger partial charge in [-0.25, -0.2) is 0 Å². The van der Waals surface area contributed by atoms with Gasteiger partial charge in [-0.05, 0) is 36.1 Å². The molecule has 0 fully saturated rings. The molecule has 0 aliphatic heterocycles. The van der Waals surface area contributed by atoms with Crippen molar-refractivity contribution in [3.8, 4) is 0 Å². The maximum Gasteiger partial charge on any atom is 0.416 e. The Morgan fingerprint density at radius 2 is 1.83 bits per heavy atom. The zero-order valence-corrected chi connectivity index (χ0v) is 13.7. The van der Waals surface area contributed by atoms with Crippen molar-refractivity contribution in [1.82, 2.24) is 5.32 Å². The van der Waals surface area contributed by atoms with Crippen LogP contribution < -0.4 is 16.4 Å². The van der Waals surface area contributed by atoms with Crippen molar-refractivity contribution < 1.29 is 22.8 Å². The number of anilines is 1. The molecule has 0 atom stereocenters. The Kier molecular flexibility index (Phi) is 7.21. The summed E-state index contributed by atoms with van der Waals surface area (Å²) in [4.78, 5) is 23.3. The van der Waals surface area contributed by atoms with Crippen molar-refractivity contribution in [2.75, 3.05) is 11.9 Å². The second-order valence-corrected chi connectivity index (χ2v) is 5.88. The SMILES string of the molecule is CC(C)CCC(=O)NCC(=O)Nc1cc(CN)cc(C(F)(F)F)c1. The molecule has 1 aromatic carbocycles. The molecule has 8 heteroatoms. The number of alkyl halides is 3. The smallest absolute Gasteiger partial charge is 0.347 e. The third kappa shape index (κ3) is 6.99. The summed E-state index contributed by atoms with van der Waals surface area (Å²) in [5.74, 6) is -0.509. The van der Waals surface area contributed by atoms with Gasteiger partial charge in [0.05, 0.1) is 12.1 Å². The first-order valence-corrected chi connectivity index (χ1v) is 7.59. The van der Waals surface area contributed by atoms with E-state index in [-0.39, 0.29) is 30.2 Å². The first kappa shape index (κ1) is 20.0. The van der Waals surface area contributed by atoms with Gasteiger partial charge in [-0.3, -0.25) is 9.59 Å². The van der Waals surface area contributed by atoms with Crippen molar-refractivity contribution in [3.63, 3.8) is 0 Å². The monoisotopic (exact) mass is 345 g/mol. The Morgan fingerprint density at radius 3 is 2.38 bits per heavy atom. The molecule has 0 saturated heterocycles. The first-order valence-electron chi connectivity index (χ1n) is 7.59. The zero-order chi connectivity index (χ0) is 18.3. The van der Waals surface area contributed by atoms with Crippen LogP contribution in [0.3, 0.4) is 0 Å². The van der Waals surface area contributed by atoms with E-state index in [4.69, 9.17) is 5.73 Å². The fourth-order valence-electron chi connectivity index (χ4n) is 1.94. The van der Waals surface area contributed by atoms with Crippen molar-refractivity contribution in [3.05, 3.63) is 29.3 Å². The van der Waals surface area contributed by atoms with E-state index in [9.17, 15) is 22.8 Å². The van der Waals surface area contributed by atoms with Gasteiger partial charge in [-0.15, -0.1) is 0 Å². The number of nitrogens with one attached hydrogen (secondary N) is 2. The van der Waals surface area contributed by atoms with E-state index in [2.05, 4.69) is 10.6 Å². The second kappa shape index (κ2) is 8.68. The lowest BCUT2D eigenvalue weighted by atomic mass is 10.1. The van der Waals surface area contributed by atoms with Crippen LogP contribution in [0.15, 0.2) is 18.2 Å². The van der Waals surface area contributed by atoms with Gasteiger partial charge in [0.2, 0.25) is 11.8 Å². The van der Waals surface area contributed by atoms with Crippen LogP contribution in [0.2, 0.25) is 0 Å². The lowest BCUT2D eigenvalue weighted by molar-refractivity contribution is -0.137. The Balaban J connectivity index is 2.65. The highest BCUT2D eigenvalue weighted by atomic mass is 19.4. The van der Waals surface area contributed by atoms with Gasteiger partial charge in [0.15, 0.2) is 0 Å². The maximum absolute atomic E-state index is 12.8. The van der Waals surface area contributed by atoms with E-state index in [0.717, 1.165) is 12.1 Å². The molecule has 0 heterocycles. The number of hydrogen-bond acceptors (Lipinski definition) is 3. The molecule has 0 saturated carbocycles. The molecule has 24 heavy (non-hydrogen) atoms. The number of hydrogen-bond donors (Lipinski definition) is 3. The van der Waals surface area contributed by atoms with Gasteiger partial charge >= 0.3 is 6.18 Å². The number of rotatable bonds is 7. The van der Waals surface area contributed by atoms with E-state index in [0.29, 0.717) is 18.8 Å². The van der Waals surface area contributed by atoms with E-state index < -0.39 is 17.6 Å². The number of benzene rings is 1. The number of amides is 2. The number of carbonyl (C=O) groups is 2. The first-order chi connectivity index (χ1) is 11.1. The highest BCUT2D eigenvalue weighted by molar-refractivity contribution is 5.94. The molecule has 0 unspecified atom stereocenters. The van der Waals surface area contributed by atoms with Crippen LogP contribution in [0.25, 0.3) is 0 Å². The molecule has 0 aromatic heterocycles. The van der Waals surface area contributed by atoms with Crippen molar-refractivity contribution in [2.24, 2.45) is 11.7 Å². The molecule has 0 spiro atoms. The minimum absolute atomic E-state index is 0.00768. The highest BCUT2D eigenvalue weighted by Crippen LogP contribution is 2.31. The molecule has 0 aliphatic carbocycles. The van der Waals surface area contributed by atoms with Crippen LogP contribution in [0.4, 0.5) is 18.9 Å². The third-order valence-corrected chi connectivity index (χ3v) is 3.23. The number of halogens is 3.